The van der Waals surface area contributed by atoms with Crippen molar-refractivity contribution in [2.75, 3.05) is 14.2 Å². The molecule has 3 rings (SSSR count). The first-order valence-corrected chi connectivity index (χ1v) is 8.92. The Morgan fingerprint density at radius 3 is 2.50 bits per heavy atom. The summed E-state index contributed by atoms with van der Waals surface area (Å²) in [4.78, 5) is 23.5. The van der Waals surface area contributed by atoms with E-state index in [0.717, 1.165) is 11.1 Å². The maximum absolute atomic E-state index is 12.7. The number of hydrogen-bond donors (Lipinski definition) is 1. The van der Waals surface area contributed by atoms with E-state index in [9.17, 15) is 9.59 Å². The standard InChI is InChI=1S/C21H22N2O5/c1-27-15-8-9-16(19(12-15)28-2)17-13-18(14-6-4-3-5-7-14)23(22-17)20(24)10-11-21(25)26/h3-9,12,18H,10-11,13H2,1-2H3,(H,25,26)/t18-/m1/s1. The number of methoxy groups -OCH3 is 2. The van der Waals surface area contributed by atoms with Gasteiger partial charge in [0.05, 0.1) is 32.4 Å². The van der Waals surface area contributed by atoms with Gasteiger partial charge in [-0.25, -0.2) is 5.01 Å². The predicted octanol–water partition coefficient (Wildman–Crippen LogP) is 3.25. The van der Waals surface area contributed by atoms with Crippen molar-refractivity contribution in [3.63, 3.8) is 0 Å². The lowest BCUT2D eigenvalue weighted by Gasteiger charge is -2.21. The highest BCUT2D eigenvalue weighted by Gasteiger charge is 2.34. The van der Waals surface area contributed by atoms with Gasteiger partial charge in [0.25, 0.3) is 0 Å². The number of carboxylic acid groups (broad SMARTS) is 1. The summed E-state index contributed by atoms with van der Waals surface area (Å²) in [6.45, 7) is 0. The van der Waals surface area contributed by atoms with Gasteiger partial charge < -0.3 is 14.6 Å². The van der Waals surface area contributed by atoms with Crippen LogP contribution < -0.4 is 9.47 Å². The zero-order chi connectivity index (χ0) is 20.1. The van der Waals surface area contributed by atoms with Crippen molar-refractivity contribution < 1.29 is 24.2 Å². The summed E-state index contributed by atoms with van der Waals surface area (Å²) in [5.74, 6) is -0.0680. The second-order valence-corrected chi connectivity index (χ2v) is 6.38. The lowest BCUT2D eigenvalue weighted by atomic mass is 9.97. The number of amides is 1. The Morgan fingerprint density at radius 1 is 1.11 bits per heavy atom. The quantitative estimate of drug-likeness (QED) is 0.794. The molecule has 7 nitrogen and oxygen atoms in total. The van der Waals surface area contributed by atoms with Gasteiger partial charge in [-0.15, -0.1) is 0 Å². The van der Waals surface area contributed by atoms with Gasteiger partial charge in [-0.2, -0.15) is 5.10 Å². The van der Waals surface area contributed by atoms with Crippen LogP contribution in [0.1, 0.15) is 36.4 Å². The molecule has 2 aromatic carbocycles. The number of aliphatic carboxylic acids is 1. The first kappa shape index (κ1) is 19.4. The topological polar surface area (TPSA) is 88.4 Å². The Balaban J connectivity index is 1.95. The molecule has 1 atom stereocenters. The Bertz CT molecular complexity index is 895. The fourth-order valence-corrected chi connectivity index (χ4v) is 3.20. The molecule has 0 spiro atoms. The number of carbonyl (C=O) groups is 2. The van der Waals surface area contributed by atoms with E-state index in [1.54, 1.807) is 20.3 Å². The molecule has 28 heavy (non-hydrogen) atoms. The molecule has 1 heterocycles. The number of hydrazone groups is 1. The van der Waals surface area contributed by atoms with Gasteiger partial charge in [-0.3, -0.25) is 9.59 Å². The smallest absolute Gasteiger partial charge is 0.303 e. The Hall–Kier alpha value is -3.35. The molecule has 0 radical (unpaired) electrons. The molecule has 0 bridgehead atoms. The van der Waals surface area contributed by atoms with Crippen molar-refractivity contribution in [3.8, 4) is 11.5 Å². The maximum Gasteiger partial charge on any atom is 0.303 e. The minimum atomic E-state index is -1.01. The molecule has 1 aliphatic rings. The summed E-state index contributed by atoms with van der Waals surface area (Å²) in [5.41, 5.74) is 2.42. The number of rotatable bonds is 7. The van der Waals surface area contributed by atoms with Crippen molar-refractivity contribution in [1.82, 2.24) is 5.01 Å². The van der Waals surface area contributed by atoms with E-state index in [4.69, 9.17) is 14.6 Å². The fourth-order valence-electron chi connectivity index (χ4n) is 3.20. The van der Waals surface area contributed by atoms with Crippen molar-refractivity contribution >= 4 is 17.6 Å². The Labute approximate surface area is 163 Å². The average molecular weight is 382 g/mol. The summed E-state index contributed by atoms with van der Waals surface area (Å²) >= 11 is 0. The zero-order valence-corrected chi connectivity index (χ0v) is 15.8. The number of ether oxygens (including phenoxy) is 2. The number of carbonyl (C=O) groups excluding carboxylic acids is 1. The van der Waals surface area contributed by atoms with Crippen molar-refractivity contribution in [3.05, 3.63) is 59.7 Å². The normalized spacial score (nSPS) is 15.9. The van der Waals surface area contributed by atoms with Crippen LogP contribution in [0.2, 0.25) is 0 Å². The minimum Gasteiger partial charge on any atom is -0.497 e. The number of carboxylic acids is 1. The van der Waals surface area contributed by atoms with Crippen LogP contribution >= 0.6 is 0 Å². The van der Waals surface area contributed by atoms with E-state index in [0.29, 0.717) is 23.6 Å². The number of hydrogen-bond acceptors (Lipinski definition) is 5. The van der Waals surface area contributed by atoms with Gasteiger partial charge in [-0.05, 0) is 17.7 Å². The number of nitrogens with zero attached hydrogens (tertiary/aromatic N) is 2. The Kier molecular flexibility index (Phi) is 5.93. The van der Waals surface area contributed by atoms with Crippen LogP contribution in [0, 0.1) is 0 Å². The molecule has 1 aliphatic heterocycles. The van der Waals surface area contributed by atoms with Crippen LogP contribution in [0.4, 0.5) is 0 Å². The Morgan fingerprint density at radius 2 is 1.86 bits per heavy atom. The highest BCUT2D eigenvalue weighted by molar-refractivity contribution is 6.05. The molecule has 0 aromatic heterocycles. The molecule has 1 N–H and O–H groups in total. The molecule has 0 unspecified atom stereocenters. The van der Waals surface area contributed by atoms with Gasteiger partial charge in [-0.1, -0.05) is 30.3 Å². The average Bonchev–Trinajstić information content (AvgIpc) is 3.17. The van der Waals surface area contributed by atoms with E-state index in [1.807, 2.05) is 42.5 Å². The summed E-state index contributed by atoms with van der Waals surface area (Å²) in [5, 5.41) is 14.8. The van der Waals surface area contributed by atoms with Gasteiger partial charge in [0.1, 0.15) is 11.5 Å². The van der Waals surface area contributed by atoms with Crippen LogP contribution in [0.25, 0.3) is 0 Å². The van der Waals surface area contributed by atoms with E-state index in [1.165, 1.54) is 5.01 Å². The highest BCUT2D eigenvalue weighted by atomic mass is 16.5. The third kappa shape index (κ3) is 4.14. The molecule has 0 saturated carbocycles. The first-order chi connectivity index (χ1) is 13.5. The molecule has 1 amide bonds. The number of benzene rings is 2. The first-order valence-electron chi connectivity index (χ1n) is 8.92. The van der Waals surface area contributed by atoms with Crippen LogP contribution in [0.5, 0.6) is 11.5 Å². The van der Waals surface area contributed by atoms with Crippen molar-refractivity contribution in [2.45, 2.75) is 25.3 Å². The van der Waals surface area contributed by atoms with Crippen LogP contribution in [-0.4, -0.2) is 41.9 Å². The maximum atomic E-state index is 12.7. The van der Waals surface area contributed by atoms with Gasteiger partial charge in [0.2, 0.25) is 5.91 Å². The van der Waals surface area contributed by atoms with Crippen molar-refractivity contribution in [2.24, 2.45) is 5.10 Å². The van der Waals surface area contributed by atoms with Gasteiger partial charge in [0.15, 0.2) is 0 Å². The second kappa shape index (κ2) is 8.56. The van der Waals surface area contributed by atoms with E-state index in [2.05, 4.69) is 5.10 Å². The molecule has 0 aliphatic carbocycles. The van der Waals surface area contributed by atoms with Crippen LogP contribution in [-0.2, 0) is 9.59 Å². The predicted molar refractivity (Wildman–Crippen MR) is 104 cm³/mol. The molecule has 2 aromatic rings. The molecular weight excluding hydrogens is 360 g/mol. The SMILES string of the molecule is COc1ccc(C2=NN(C(=O)CCC(=O)O)[C@@H](c3ccccc3)C2)c(OC)c1. The molecule has 146 valence electrons. The minimum absolute atomic E-state index is 0.102. The van der Waals surface area contributed by atoms with Crippen LogP contribution in [0.3, 0.4) is 0 Å². The second-order valence-electron chi connectivity index (χ2n) is 6.38. The summed E-state index contributed by atoms with van der Waals surface area (Å²) in [6.07, 6.45) is 0.175. The third-order valence-corrected chi connectivity index (χ3v) is 4.62. The summed E-state index contributed by atoms with van der Waals surface area (Å²) < 4.78 is 10.7. The van der Waals surface area contributed by atoms with E-state index in [-0.39, 0.29) is 24.8 Å². The van der Waals surface area contributed by atoms with E-state index >= 15 is 0 Å². The van der Waals surface area contributed by atoms with Gasteiger partial charge >= 0.3 is 5.97 Å². The third-order valence-electron chi connectivity index (χ3n) is 4.62. The fraction of sp³-hybridized carbons (Fsp3) is 0.286. The molecule has 0 fully saturated rings. The molecule has 0 saturated heterocycles. The zero-order valence-electron chi connectivity index (χ0n) is 15.8. The lowest BCUT2D eigenvalue weighted by Crippen LogP contribution is -2.27. The molecular formula is C21H22N2O5. The highest BCUT2D eigenvalue weighted by Crippen LogP contribution is 2.36. The molecule has 7 heteroatoms. The lowest BCUT2D eigenvalue weighted by molar-refractivity contribution is -0.141. The van der Waals surface area contributed by atoms with Crippen LogP contribution in [0.15, 0.2) is 53.6 Å². The van der Waals surface area contributed by atoms with Gasteiger partial charge in [0, 0.05) is 24.5 Å². The summed E-state index contributed by atoms with van der Waals surface area (Å²) in [7, 11) is 3.15. The largest absolute Gasteiger partial charge is 0.497 e. The monoisotopic (exact) mass is 382 g/mol. The summed E-state index contributed by atoms with van der Waals surface area (Å²) in [6, 6.07) is 14.7. The van der Waals surface area contributed by atoms with E-state index < -0.39 is 5.97 Å². The van der Waals surface area contributed by atoms with Crippen molar-refractivity contribution in [1.29, 1.82) is 0 Å².